The predicted molar refractivity (Wildman–Crippen MR) is 54.1 cm³/mol. The Morgan fingerprint density at radius 1 is 1.36 bits per heavy atom. The molecule has 0 bridgehead atoms. The molecular weight excluding hydrogens is 178 g/mol. The number of benzene rings is 1. The first-order chi connectivity index (χ1) is 6.59. The van der Waals surface area contributed by atoms with E-state index >= 15 is 0 Å². The zero-order valence-electron chi connectivity index (χ0n) is 7.76. The summed E-state index contributed by atoms with van der Waals surface area (Å²) in [7, 11) is 0. The highest BCUT2D eigenvalue weighted by molar-refractivity contribution is 6.51. The minimum atomic E-state index is -0.557. The molecule has 0 aromatic heterocycles. The van der Waals surface area contributed by atoms with Gasteiger partial charge in [0.2, 0.25) is 0 Å². The van der Waals surface area contributed by atoms with Crippen molar-refractivity contribution in [3.8, 4) is 0 Å². The number of hydrogen-bond donors (Lipinski definition) is 1. The van der Waals surface area contributed by atoms with Crippen molar-refractivity contribution in [2.75, 3.05) is 5.32 Å². The first-order valence-corrected chi connectivity index (χ1v) is 4.25. The minimum Gasteiger partial charge on any atom is -0.318 e. The van der Waals surface area contributed by atoms with Gasteiger partial charge >= 0.3 is 0 Å². The Hall–Kier alpha value is -1.90. The quantitative estimate of drug-likeness (QED) is 0.682. The van der Waals surface area contributed by atoms with E-state index in [0.717, 1.165) is 11.1 Å². The number of ketones is 1. The van der Waals surface area contributed by atoms with Crippen LogP contribution in [0.25, 0.3) is 5.57 Å². The molecule has 2 rings (SSSR count). The predicted octanol–water partition coefficient (Wildman–Crippen LogP) is 1.85. The first kappa shape index (κ1) is 8.69. The van der Waals surface area contributed by atoms with Crippen molar-refractivity contribution in [3.63, 3.8) is 0 Å². The molecule has 70 valence electrons. The third-order valence-corrected chi connectivity index (χ3v) is 2.21. The molecule has 1 aliphatic heterocycles. The van der Waals surface area contributed by atoms with Gasteiger partial charge in [-0.25, -0.2) is 0 Å². The van der Waals surface area contributed by atoms with Gasteiger partial charge in [-0.05, 0) is 24.6 Å². The Balaban J connectivity index is 2.57. The summed E-state index contributed by atoms with van der Waals surface area (Å²) in [5.41, 5.74) is 2.79. The molecule has 1 aromatic rings. The van der Waals surface area contributed by atoms with Gasteiger partial charge in [-0.3, -0.25) is 9.59 Å². The first-order valence-electron chi connectivity index (χ1n) is 4.25. The second-order valence-electron chi connectivity index (χ2n) is 3.32. The Morgan fingerprint density at radius 3 is 2.71 bits per heavy atom. The van der Waals surface area contributed by atoms with Crippen LogP contribution in [0.2, 0.25) is 0 Å². The molecule has 1 aromatic carbocycles. The van der Waals surface area contributed by atoms with Crippen LogP contribution in [0, 0.1) is 0 Å². The van der Waals surface area contributed by atoms with E-state index in [-0.39, 0.29) is 0 Å². The van der Waals surface area contributed by atoms with E-state index < -0.39 is 11.7 Å². The van der Waals surface area contributed by atoms with E-state index in [9.17, 15) is 9.59 Å². The fourth-order valence-electron chi connectivity index (χ4n) is 1.41. The molecule has 0 radical (unpaired) electrons. The third-order valence-electron chi connectivity index (χ3n) is 2.21. The lowest BCUT2D eigenvalue weighted by atomic mass is 10.0. The number of fused-ring (bicyclic) bond motifs is 1. The highest BCUT2D eigenvalue weighted by Crippen LogP contribution is 2.26. The van der Waals surface area contributed by atoms with Crippen molar-refractivity contribution < 1.29 is 9.59 Å². The van der Waals surface area contributed by atoms with E-state index in [0.29, 0.717) is 11.3 Å². The summed E-state index contributed by atoms with van der Waals surface area (Å²) in [6, 6.07) is 5.25. The van der Waals surface area contributed by atoms with Crippen LogP contribution in [-0.2, 0) is 4.79 Å². The minimum absolute atomic E-state index is 0.440. The molecule has 1 amide bonds. The SMILES string of the molecule is C=C(C)c1ccc2c(c1)C(=O)C(=O)N2. The number of carbonyl (C=O) groups is 2. The lowest BCUT2D eigenvalue weighted by molar-refractivity contribution is -0.112. The van der Waals surface area contributed by atoms with Gasteiger partial charge in [-0.2, -0.15) is 0 Å². The maximum atomic E-state index is 11.3. The molecule has 0 aliphatic carbocycles. The maximum absolute atomic E-state index is 11.3. The van der Waals surface area contributed by atoms with E-state index in [1.165, 1.54) is 0 Å². The van der Waals surface area contributed by atoms with Crippen molar-refractivity contribution in [2.45, 2.75) is 6.92 Å². The smallest absolute Gasteiger partial charge is 0.296 e. The zero-order chi connectivity index (χ0) is 10.3. The third kappa shape index (κ3) is 1.14. The number of amides is 1. The number of nitrogens with one attached hydrogen (secondary N) is 1. The van der Waals surface area contributed by atoms with Crippen LogP contribution >= 0.6 is 0 Å². The van der Waals surface area contributed by atoms with Crippen molar-refractivity contribution in [2.24, 2.45) is 0 Å². The van der Waals surface area contributed by atoms with E-state index in [1.807, 2.05) is 13.0 Å². The second kappa shape index (κ2) is 2.80. The Morgan fingerprint density at radius 2 is 2.07 bits per heavy atom. The fraction of sp³-hybridized carbons (Fsp3) is 0.0909. The lowest BCUT2D eigenvalue weighted by Gasteiger charge is -2.01. The summed E-state index contributed by atoms with van der Waals surface area (Å²) in [4.78, 5) is 22.4. The largest absolute Gasteiger partial charge is 0.318 e. The number of hydrogen-bond acceptors (Lipinski definition) is 2. The van der Waals surface area contributed by atoms with Crippen molar-refractivity contribution >= 4 is 23.0 Å². The summed E-state index contributed by atoms with van der Waals surface area (Å²) in [5, 5.41) is 2.50. The summed E-state index contributed by atoms with van der Waals surface area (Å²) in [6.45, 7) is 5.64. The van der Waals surface area contributed by atoms with Gasteiger partial charge in [0.1, 0.15) is 0 Å². The van der Waals surface area contributed by atoms with Crippen LogP contribution in [-0.4, -0.2) is 11.7 Å². The summed E-state index contributed by atoms with van der Waals surface area (Å²) in [5.74, 6) is -1.03. The number of anilines is 1. The van der Waals surface area contributed by atoms with Gasteiger partial charge in [0.15, 0.2) is 0 Å². The topological polar surface area (TPSA) is 46.2 Å². The van der Waals surface area contributed by atoms with Gasteiger partial charge < -0.3 is 5.32 Å². The number of carbonyl (C=O) groups excluding carboxylic acids is 2. The molecule has 3 heteroatoms. The molecule has 0 unspecified atom stereocenters. The van der Waals surface area contributed by atoms with Gasteiger partial charge in [0.05, 0.1) is 11.3 Å². The van der Waals surface area contributed by atoms with Crippen molar-refractivity contribution in [3.05, 3.63) is 35.9 Å². The van der Waals surface area contributed by atoms with Crippen LogP contribution in [0.3, 0.4) is 0 Å². The Bertz CT molecular complexity index is 460. The van der Waals surface area contributed by atoms with Crippen LogP contribution < -0.4 is 5.32 Å². The molecule has 1 heterocycles. The van der Waals surface area contributed by atoms with E-state index in [1.54, 1.807) is 12.1 Å². The maximum Gasteiger partial charge on any atom is 0.296 e. The monoisotopic (exact) mass is 187 g/mol. The Kier molecular flexibility index (Phi) is 1.74. The van der Waals surface area contributed by atoms with Crippen LogP contribution in [0.1, 0.15) is 22.8 Å². The standard InChI is InChI=1S/C11H9NO2/c1-6(2)7-3-4-9-8(5-7)10(13)11(14)12-9/h3-5H,1H2,2H3,(H,12,13,14). The summed E-state index contributed by atoms with van der Waals surface area (Å²) >= 11 is 0. The van der Waals surface area contributed by atoms with Crippen molar-refractivity contribution in [1.29, 1.82) is 0 Å². The fourth-order valence-corrected chi connectivity index (χ4v) is 1.41. The molecule has 0 saturated heterocycles. The van der Waals surface area contributed by atoms with Crippen LogP contribution in [0.15, 0.2) is 24.8 Å². The normalized spacial score (nSPS) is 13.8. The lowest BCUT2D eigenvalue weighted by Crippen LogP contribution is -2.12. The zero-order valence-corrected chi connectivity index (χ0v) is 7.76. The molecule has 0 spiro atoms. The molecule has 0 saturated carbocycles. The molecular formula is C11H9NO2. The summed E-state index contributed by atoms with van der Waals surface area (Å²) < 4.78 is 0. The van der Waals surface area contributed by atoms with Gasteiger partial charge in [0, 0.05) is 0 Å². The molecule has 1 aliphatic rings. The molecule has 0 fully saturated rings. The number of allylic oxidation sites excluding steroid dienone is 1. The second-order valence-corrected chi connectivity index (χ2v) is 3.32. The number of rotatable bonds is 1. The molecule has 14 heavy (non-hydrogen) atoms. The number of Topliss-reactive ketones (excluding diaryl/α,β-unsaturated/α-hetero) is 1. The average molecular weight is 187 g/mol. The molecule has 3 nitrogen and oxygen atoms in total. The molecule has 1 N–H and O–H groups in total. The Labute approximate surface area is 81.4 Å². The van der Waals surface area contributed by atoms with Crippen LogP contribution in [0.4, 0.5) is 5.69 Å². The van der Waals surface area contributed by atoms with Crippen molar-refractivity contribution in [1.82, 2.24) is 0 Å². The van der Waals surface area contributed by atoms with Gasteiger partial charge in [-0.15, -0.1) is 0 Å². The van der Waals surface area contributed by atoms with Crippen LogP contribution in [0.5, 0.6) is 0 Å². The average Bonchev–Trinajstić information content (AvgIpc) is 2.43. The van der Waals surface area contributed by atoms with E-state index in [4.69, 9.17) is 0 Å². The van der Waals surface area contributed by atoms with Gasteiger partial charge in [-0.1, -0.05) is 18.2 Å². The summed E-state index contributed by atoms with van der Waals surface area (Å²) in [6.07, 6.45) is 0. The molecule has 0 atom stereocenters. The highest BCUT2D eigenvalue weighted by atomic mass is 16.2. The van der Waals surface area contributed by atoms with Gasteiger partial charge in [0.25, 0.3) is 11.7 Å². The highest BCUT2D eigenvalue weighted by Gasteiger charge is 2.27. The van der Waals surface area contributed by atoms with E-state index in [2.05, 4.69) is 11.9 Å².